The van der Waals surface area contributed by atoms with Crippen LogP contribution in [0.4, 0.5) is 4.79 Å². The van der Waals surface area contributed by atoms with Gasteiger partial charge in [-0.15, -0.1) is 0 Å². The minimum absolute atomic E-state index is 0.0145. The maximum absolute atomic E-state index is 12.2. The van der Waals surface area contributed by atoms with Gasteiger partial charge < -0.3 is 25.4 Å². The highest BCUT2D eigenvalue weighted by molar-refractivity contribution is 5.79. The first kappa shape index (κ1) is 22.0. The number of aliphatic hydroxyl groups is 3. The molecule has 0 aliphatic heterocycles. The van der Waals surface area contributed by atoms with Gasteiger partial charge in [0.05, 0.1) is 12.7 Å². The van der Waals surface area contributed by atoms with Gasteiger partial charge >= 0.3 is 6.09 Å². The second-order valence-corrected chi connectivity index (χ2v) is 7.96. The first-order chi connectivity index (χ1) is 15.6. The number of carbonyl (C=O) groups excluding carboxylic acids is 1. The van der Waals surface area contributed by atoms with E-state index in [4.69, 9.17) is 4.74 Å². The van der Waals surface area contributed by atoms with E-state index in [0.29, 0.717) is 11.1 Å². The van der Waals surface area contributed by atoms with Gasteiger partial charge in [0.2, 0.25) is 0 Å². The number of hydrogen-bond acceptors (Lipinski definition) is 5. The lowest BCUT2D eigenvalue weighted by Crippen LogP contribution is -2.30. The van der Waals surface area contributed by atoms with Crippen LogP contribution in [0.15, 0.2) is 72.8 Å². The van der Waals surface area contributed by atoms with Crippen LogP contribution in [0.25, 0.3) is 11.1 Å². The number of rotatable bonds is 8. The van der Waals surface area contributed by atoms with Crippen LogP contribution < -0.4 is 5.32 Å². The van der Waals surface area contributed by atoms with E-state index in [1.165, 1.54) is 11.1 Å². The first-order valence-electron chi connectivity index (χ1n) is 10.7. The molecule has 2 atom stereocenters. The molecule has 166 valence electrons. The van der Waals surface area contributed by atoms with Gasteiger partial charge in [-0.1, -0.05) is 72.8 Å². The second-order valence-electron chi connectivity index (χ2n) is 7.96. The maximum Gasteiger partial charge on any atom is 0.407 e. The molecule has 6 nitrogen and oxygen atoms in total. The van der Waals surface area contributed by atoms with Gasteiger partial charge in [0, 0.05) is 12.5 Å². The highest BCUT2D eigenvalue weighted by Crippen LogP contribution is 2.44. The lowest BCUT2D eigenvalue weighted by molar-refractivity contribution is 0.0136. The number of aliphatic hydroxyl groups excluding tert-OH is 3. The summed E-state index contributed by atoms with van der Waals surface area (Å²) in [5.74, 6) is -0.0145. The van der Waals surface area contributed by atoms with Gasteiger partial charge in [-0.05, 0) is 39.8 Å². The van der Waals surface area contributed by atoms with Crippen LogP contribution in [0.5, 0.6) is 0 Å². The van der Waals surface area contributed by atoms with Crippen LogP contribution in [0.2, 0.25) is 0 Å². The average Bonchev–Trinajstić information content (AvgIpc) is 3.16. The van der Waals surface area contributed by atoms with Gasteiger partial charge in [0.25, 0.3) is 0 Å². The maximum atomic E-state index is 12.2. The molecule has 2 unspecified atom stereocenters. The molecule has 3 aromatic carbocycles. The van der Waals surface area contributed by atoms with E-state index in [1.807, 2.05) is 24.3 Å². The minimum atomic E-state index is -1.11. The molecule has 0 aromatic heterocycles. The summed E-state index contributed by atoms with van der Waals surface area (Å²) >= 11 is 0. The third-order valence-corrected chi connectivity index (χ3v) is 5.89. The van der Waals surface area contributed by atoms with Crippen molar-refractivity contribution in [2.75, 3.05) is 13.2 Å². The zero-order valence-electron chi connectivity index (χ0n) is 17.6. The predicted octanol–water partition coefficient (Wildman–Crippen LogP) is 3.50. The van der Waals surface area contributed by atoms with E-state index >= 15 is 0 Å². The third kappa shape index (κ3) is 4.67. The SMILES string of the molecule is O=C(NCCC(O)C(O)c1cccc(CO)c1)OCC1c2ccccc2-c2ccccc21. The Balaban J connectivity index is 1.28. The van der Waals surface area contributed by atoms with Gasteiger partial charge in [-0.25, -0.2) is 4.79 Å². The molecule has 0 radical (unpaired) electrons. The zero-order chi connectivity index (χ0) is 22.5. The van der Waals surface area contributed by atoms with Crippen molar-refractivity contribution >= 4 is 6.09 Å². The van der Waals surface area contributed by atoms with Gasteiger partial charge in [0.15, 0.2) is 0 Å². The molecule has 1 aliphatic carbocycles. The van der Waals surface area contributed by atoms with Crippen molar-refractivity contribution in [1.29, 1.82) is 0 Å². The number of hydrogen-bond donors (Lipinski definition) is 4. The molecule has 4 N–H and O–H groups in total. The predicted molar refractivity (Wildman–Crippen MR) is 121 cm³/mol. The Kier molecular flexibility index (Phi) is 6.85. The summed E-state index contributed by atoms with van der Waals surface area (Å²) in [6, 6.07) is 23.0. The van der Waals surface area contributed by atoms with E-state index < -0.39 is 18.3 Å². The summed E-state index contributed by atoms with van der Waals surface area (Å²) in [5.41, 5.74) is 5.80. The lowest BCUT2D eigenvalue weighted by atomic mass is 9.98. The Bertz CT molecular complexity index is 1040. The molecule has 0 bridgehead atoms. The topological polar surface area (TPSA) is 99.0 Å². The zero-order valence-corrected chi connectivity index (χ0v) is 17.6. The summed E-state index contributed by atoms with van der Waals surface area (Å²) < 4.78 is 5.47. The van der Waals surface area contributed by atoms with E-state index in [9.17, 15) is 20.1 Å². The van der Waals surface area contributed by atoms with Crippen LogP contribution in [0, 0.1) is 0 Å². The van der Waals surface area contributed by atoms with Gasteiger partial charge in [0.1, 0.15) is 12.7 Å². The Morgan fingerprint density at radius 1 is 0.938 bits per heavy atom. The third-order valence-electron chi connectivity index (χ3n) is 5.89. The van der Waals surface area contributed by atoms with E-state index in [0.717, 1.165) is 11.1 Å². The van der Waals surface area contributed by atoms with Gasteiger partial charge in [-0.2, -0.15) is 0 Å². The smallest absolute Gasteiger partial charge is 0.407 e. The Hall–Kier alpha value is -3.19. The molecule has 1 amide bonds. The monoisotopic (exact) mass is 433 g/mol. The molecule has 0 heterocycles. The number of ether oxygens (including phenoxy) is 1. The number of fused-ring (bicyclic) bond motifs is 3. The van der Waals surface area contributed by atoms with Crippen molar-refractivity contribution < 1.29 is 24.9 Å². The van der Waals surface area contributed by atoms with Crippen LogP contribution in [0.1, 0.15) is 40.7 Å². The molecule has 0 fully saturated rings. The van der Waals surface area contributed by atoms with Crippen molar-refractivity contribution in [2.45, 2.75) is 31.2 Å². The molecule has 6 heteroatoms. The van der Waals surface area contributed by atoms with Crippen LogP contribution in [-0.2, 0) is 11.3 Å². The molecule has 4 rings (SSSR count). The number of alkyl carbamates (subject to hydrolysis) is 1. The summed E-state index contributed by atoms with van der Waals surface area (Å²) in [4.78, 5) is 12.2. The minimum Gasteiger partial charge on any atom is -0.449 e. The second kappa shape index (κ2) is 9.96. The van der Waals surface area contributed by atoms with Crippen molar-refractivity contribution in [3.05, 3.63) is 95.1 Å². The fourth-order valence-corrected chi connectivity index (χ4v) is 4.23. The molecule has 3 aromatic rings. The number of carbonyl (C=O) groups is 1. The first-order valence-corrected chi connectivity index (χ1v) is 10.7. The summed E-state index contributed by atoms with van der Waals surface area (Å²) in [6.07, 6.45) is -2.56. The number of amides is 1. The van der Waals surface area contributed by atoms with Crippen molar-refractivity contribution in [1.82, 2.24) is 5.32 Å². The van der Waals surface area contributed by atoms with Crippen molar-refractivity contribution in [3.8, 4) is 11.1 Å². The molecule has 0 saturated heterocycles. The fraction of sp³-hybridized carbons (Fsp3) is 0.269. The molecule has 0 saturated carbocycles. The Morgan fingerprint density at radius 3 is 2.25 bits per heavy atom. The van der Waals surface area contributed by atoms with Crippen LogP contribution in [-0.4, -0.2) is 40.7 Å². The normalized spacial score (nSPS) is 14.3. The highest BCUT2D eigenvalue weighted by atomic mass is 16.5. The van der Waals surface area contributed by atoms with Crippen molar-refractivity contribution in [2.24, 2.45) is 0 Å². The van der Waals surface area contributed by atoms with E-state index in [1.54, 1.807) is 24.3 Å². The molecule has 32 heavy (non-hydrogen) atoms. The van der Waals surface area contributed by atoms with Crippen LogP contribution in [0.3, 0.4) is 0 Å². The highest BCUT2D eigenvalue weighted by Gasteiger charge is 2.29. The quantitative estimate of drug-likeness (QED) is 0.436. The summed E-state index contributed by atoms with van der Waals surface area (Å²) in [5, 5.41) is 32.5. The Labute approximate surface area is 187 Å². The molecule has 1 aliphatic rings. The lowest BCUT2D eigenvalue weighted by Gasteiger charge is -2.19. The average molecular weight is 434 g/mol. The van der Waals surface area contributed by atoms with E-state index in [2.05, 4.69) is 29.6 Å². The number of nitrogens with one attached hydrogen (secondary N) is 1. The standard InChI is InChI=1S/C26H27NO5/c28-15-17-6-5-7-18(14-17)25(30)24(29)12-13-27-26(31)32-16-23-21-10-3-1-8-19(21)20-9-2-4-11-22(20)23/h1-11,14,23-25,28-30H,12-13,15-16H2,(H,27,31). The summed E-state index contributed by atoms with van der Waals surface area (Å²) in [7, 11) is 0. The molecular weight excluding hydrogens is 406 g/mol. The molecular formula is C26H27NO5. The van der Waals surface area contributed by atoms with Gasteiger partial charge in [-0.3, -0.25) is 0 Å². The largest absolute Gasteiger partial charge is 0.449 e. The summed E-state index contributed by atoms with van der Waals surface area (Å²) in [6.45, 7) is 0.244. The Morgan fingerprint density at radius 2 is 1.59 bits per heavy atom. The van der Waals surface area contributed by atoms with Crippen LogP contribution >= 0.6 is 0 Å². The number of benzene rings is 3. The van der Waals surface area contributed by atoms with E-state index in [-0.39, 0.29) is 32.1 Å². The fourth-order valence-electron chi connectivity index (χ4n) is 4.23. The molecule has 0 spiro atoms. The van der Waals surface area contributed by atoms with Crippen molar-refractivity contribution in [3.63, 3.8) is 0 Å².